The zero-order chi connectivity index (χ0) is 16.0. The highest BCUT2D eigenvalue weighted by molar-refractivity contribution is 14.0. The van der Waals surface area contributed by atoms with E-state index >= 15 is 0 Å². The quantitative estimate of drug-likeness (QED) is 0.283. The van der Waals surface area contributed by atoms with Gasteiger partial charge in [0.1, 0.15) is 0 Å². The smallest absolute Gasteiger partial charge is 0.191 e. The molecule has 0 aromatic carbocycles. The maximum atomic E-state index is 5.35. The Morgan fingerprint density at radius 1 is 1.26 bits per heavy atom. The fraction of sp³-hybridized carbons (Fsp3) is 0.933. The molecule has 1 fully saturated rings. The summed E-state index contributed by atoms with van der Waals surface area (Å²) in [5.41, 5.74) is 0. The van der Waals surface area contributed by atoms with Crippen molar-refractivity contribution in [3.63, 3.8) is 0 Å². The molecule has 0 saturated carbocycles. The normalized spacial score (nSPS) is 16.3. The van der Waals surface area contributed by atoms with Crippen LogP contribution in [0.2, 0.25) is 0 Å². The van der Waals surface area contributed by atoms with Gasteiger partial charge in [-0.15, -0.1) is 24.0 Å². The van der Waals surface area contributed by atoms with E-state index in [0.717, 1.165) is 78.1 Å². The minimum atomic E-state index is 0. The Kier molecular flexibility index (Phi) is 15.3. The summed E-state index contributed by atoms with van der Waals surface area (Å²) >= 11 is 0. The molecule has 1 saturated heterocycles. The third-order valence-electron chi connectivity index (χ3n) is 3.60. The van der Waals surface area contributed by atoms with Crippen LogP contribution in [0.25, 0.3) is 0 Å². The van der Waals surface area contributed by atoms with Gasteiger partial charge in [-0.3, -0.25) is 9.89 Å². The summed E-state index contributed by atoms with van der Waals surface area (Å²) < 4.78 is 10.4. The first-order valence-corrected chi connectivity index (χ1v) is 8.26. The summed E-state index contributed by atoms with van der Waals surface area (Å²) in [5, 5.41) is 6.67. The Hall–Kier alpha value is -0.160. The van der Waals surface area contributed by atoms with Crippen LogP contribution in [0.15, 0.2) is 4.99 Å². The summed E-state index contributed by atoms with van der Waals surface area (Å²) in [6, 6.07) is 0. The molecule has 0 aliphatic carbocycles. The Morgan fingerprint density at radius 3 is 2.65 bits per heavy atom. The largest absolute Gasteiger partial charge is 0.383 e. The van der Waals surface area contributed by atoms with Gasteiger partial charge >= 0.3 is 0 Å². The van der Waals surface area contributed by atoms with E-state index in [2.05, 4.69) is 39.4 Å². The molecule has 0 atom stereocenters. The molecule has 0 aromatic rings. The van der Waals surface area contributed by atoms with Gasteiger partial charge in [-0.25, -0.2) is 0 Å². The van der Waals surface area contributed by atoms with E-state index < -0.39 is 0 Å². The zero-order valence-electron chi connectivity index (χ0n) is 14.8. The molecule has 0 radical (unpaired) electrons. The van der Waals surface area contributed by atoms with Crippen LogP contribution in [-0.4, -0.2) is 102 Å². The lowest BCUT2D eigenvalue weighted by molar-refractivity contribution is 0.0394. The van der Waals surface area contributed by atoms with Crippen molar-refractivity contribution in [2.75, 3.05) is 86.3 Å². The van der Waals surface area contributed by atoms with Crippen molar-refractivity contribution in [2.45, 2.75) is 6.92 Å². The Morgan fingerprint density at radius 2 is 2.00 bits per heavy atom. The summed E-state index contributed by atoms with van der Waals surface area (Å²) in [6.45, 7) is 12.1. The second-order valence-electron chi connectivity index (χ2n) is 5.44. The molecule has 138 valence electrons. The highest BCUT2D eigenvalue weighted by Gasteiger charge is 2.09. The fourth-order valence-electron chi connectivity index (χ4n) is 2.19. The fourth-order valence-corrected chi connectivity index (χ4v) is 2.19. The molecule has 1 heterocycles. The molecule has 0 unspecified atom stereocenters. The van der Waals surface area contributed by atoms with Gasteiger partial charge in [0.2, 0.25) is 0 Å². The Bertz CT molecular complexity index is 302. The van der Waals surface area contributed by atoms with Crippen LogP contribution in [0.4, 0.5) is 0 Å². The second-order valence-corrected chi connectivity index (χ2v) is 5.44. The Balaban J connectivity index is 0.00000484. The molecule has 7 nitrogen and oxygen atoms in total. The molecule has 2 N–H and O–H groups in total. The van der Waals surface area contributed by atoms with Crippen LogP contribution in [0.1, 0.15) is 6.92 Å². The number of hydrogen-bond acceptors (Lipinski definition) is 5. The van der Waals surface area contributed by atoms with Gasteiger partial charge in [-0.1, -0.05) is 0 Å². The predicted octanol–water partition coefficient (Wildman–Crippen LogP) is 0.0699. The van der Waals surface area contributed by atoms with Crippen molar-refractivity contribution < 1.29 is 9.47 Å². The van der Waals surface area contributed by atoms with Crippen LogP contribution >= 0.6 is 24.0 Å². The minimum absolute atomic E-state index is 0. The van der Waals surface area contributed by atoms with Gasteiger partial charge in [0.15, 0.2) is 5.96 Å². The highest BCUT2D eigenvalue weighted by atomic mass is 127. The summed E-state index contributed by atoms with van der Waals surface area (Å²) in [6.07, 6.45) is 0. The lowest BCUT2D eigenvalue weighted by atomic mass is 10.4. The topological polar surface area (TPSA) is 61.4 Å². The van der Waals surface area contributed by atoms with Gasteiger partial charge in [-0.2, -0.15) is 0 Å². The van der Waals surface area contributed by atoms with E-state index in [-0.39, 0.29) is 24.0 Å². The first-order valence-electron chi connectivity index (χ1n) is 8.26. The molecule has 0 amide bonds. The molecule has 8 heteroatoms. The van der Waals surface area contributed by atoms with Crippen LogP contribution in [0.5, 0.6) is 0 Å². The van der Waals surface area contributed by atoms with Crippen molar-refractivity contribution in [3.05, 3.63) is 0 Å². The first kappa shape index (κ1) is 22.8. The average molecular weight is 443 g/mol. The van der Waals surface area contributed by atoms with E-state index in [1.807, 2.05) is 0 Å². The molecule has 0 aromatic heterocycles. The first-order chi connectivity index (χ1) is 10.8. The predicted molar refractivity (Wildman–Crippen MR) is 106 cm³/mol. The number of likely N-dealkylation sites (N-methyl/N-ethyl adjacent to an activating group) is 1. The third kappa shape index (κ3) is 11.9. The lowest BCUT2D eigenvalue weighted by Gasteiger charge is -2.25. The van der Waals surface area contributed by atoms with Crippen molar-refractivity contribution in [1.82, 2.24) is 20.4 Å². The van der Waals surface area contributed by atoms with Crippen LogP contribution in [-0.2, 0) is 9.47 Å². The number of aliphatic imine (C=N–C) groups is 1. The molecular formula is C15H34IN5O2. The molecule has 1 aliphatic heterocycles. The highest BCUT2D eigenvalue weighted by Crippen LogP contribution is 1.95. The Labute approximate surface area is 158 Å². The van der Waals surface area contributed by atoms with Gasteiger partial charge in [0, 0.05) is 52.9 Å². The van der Waals surface area contributed by atoms with Crippen molar-refractivity contribution >= 4 is 29.9 Å². The number of morpholine rings is 1. The third-order valence-corrected chi connectivity index (χ3v) is 3.60. The number of ether oxygens (including phenoxy) is 2. The molecule has 23 heavy (non-hydrogen) atoms. The molecular weight excluding hydrogens is 409 g/mol. The number of guanidine groups is 1. The molecule has 1 rings (SSSR count). The number of rotatable bonds is 10. The van der Waals surface area contributed by atoms with Crippen LogP contribution < -0.4 is 10.6 Å². The number of methoxy groups -OCH3 is 1. The number of halogens is 1. The lowest BCUT2D eigenvalue weighted by Crippen LogP contribution is -2.42. The van der Waals surface area contributed by atoms with E-state index in [4.69, 9.17) is 9.47 Å². The second kappa shape index (κ2) is 15.4. The summed E-state index contributed by atoms with van der Waals surface area (Å²) in [4.78, 5) is 9.28. The summed E-state index contributed by atoms with van der Waals surface area (Å²) in [7, 11) is 3.83. The molecule has 1 aliphatic rings. The van der Waals surface area contributed by atoms with Gasteiger partial charge in [0.25, 0.3) is 0 Å². The maximum absolute atomic E-state index is 5.35. The van der Waals surface area contributed by atoms with Gasteiger partial charge in [-0.05, 0) is 14.0 Å². The van der Waals surface area contributed by atoms with E-state index in [1.54, 1.807) is 7.11 Å². The molecule has 0 bridgehead atoms. The van der Waals surface area contributed by atoms with E-state index in [1.165, 1.54) is 0 Å². The molecule has 0 spiro atoms. The monoisotopic (exact) mass is 443 g/mol. The number of nitrogens with zero attached hydrogens (tertiary/aromatic N) is 3. The number of nitrogens with one attached hydrogen (secondary N) is 2. The standard InChI is InChI=1S/C15H33N5O2.HI/c1-4-16-15(17-5-7-19(2)9-12-21-3)18-6-8-20-10-13-22-14-11-20;/h4-14H2,1-3H3,(H2,16,17,18);1H. The van der Waals surface area contributed by atoms with Crippen molar-refractivity contribution in [1.29, 1.82) is 0 Å². The van der Waals surface area contributed by atoms with Crippen LogP contribution in [0.3, 0.4) is 0 Å². The minimum Gasteiger partial charge on any atom is -0.383 e. The average Bonchev–Trinajstić information content (AvgIpc) is 2.54. The van der Waals surface area contributed by atoms with Crippen molar-refractivity contribution in [2.24, 2.45) is 4.99 Å². The van der Waals surface area contributed by atoms with Crippen LogP contribution in [0, 0.1) is 0 Å². The van der Waals surface area contributed by atoms with Gasteiger partial charge < -0.3 is 25.0 Å². The van der Waals surface area contributed by atoms with Gasteiger partial charge in [0.05, 0.1) is 26.4 Å². The van der Waals surface area contributed by atoms with Crippen molar-refractivity contribution in [3.8, 4) is 0 Å². The van der Waals surface area contributed by atoms with E-state index in [0.29, 0.717) is 0 Å². The maximum Gasteiger partial charge on any atom is 0.191 e. The summed E-state index contributed by atoms with van der Waals surface area (Å²) in [5.74, 6) is 0.899. The SMILES string of the molecule is CCNC(=NCCN1CCOCC1)NCCN(C)CCOC.I. The zero-order valence-corrected chi connectivity index (χ0v) is 17.2. The van der Waals surface area contributed by atoms with E-state index in [9.17, 15) is 0 Å². The number of hydrogen-bond donors (Lipinski definition) is 2.